The summed E-state index contributed by atoms with van der Waals surface area (Å²) in [6.45, 7) is 1.92. The number of aryl methyl sites for hydroxylation is 1. The van der Waals surface area contributed by atoms with Gasteiger partial charge in [-0.3, -0.25) is 0 Å². The molecule has 0 aromatic heterocycles. The molecular formula is C8H8CoO2. The van der Waals surface area contributed by atoms with E-state index in [4.69, 9.17) is 5.11 Å². The van der Waals surface area contributed by atoms with E-state index in [9.17, 15) is 4.79 Å². The van der Waals surface area contributed by atoms with E-state index in [1.807, 2.05) is 6.92 Å². The molecule has 1 radical (unpaired) electrons. The molecule has 3 heteroatoms. The van der Waals surface area contributed by atoms with Crippen LogP contribution in [0, 0.1) is 6.92 Å². The van der Waals surface area contributed by atoms with Crippen LogP contribution in [0.1, 0.15) is 15.9 Å². The summed E-state index contributed by atoms with van der Waals surface area (Å²) in [5.41, 5.74) is 1.41. The normalized spacial score (nSPS) is 8.45. The molecular weight excluding hydrogens is 187 g/mol. The van der Waals surface area contributed by atoms with Crippen LogP contribution < -0.4 is 0 Å². The first-order valence-corrected chi connectivity index (χ1v) is 3.00. The largest absolute Gasteiger partial charge is 0.478 e. The maximum atomic E-state index is 10.3. The average molecular weight is 195 g/mol. The Morgan fingerprint density at radius 2 is 1.73 bits per heavy atom. The van der Waals surface area contributed by atoms with E-state index in [0.717, 1.165) is 5.56 Å². The van der Waals surface area contributed by atoms with Crippen LogP contribution in [-0.2, 0) is 16.8 Å². The zero-order valence-corrected chi connectivity index (χ0v) is 7.04. The second-order valence-electron chi connectivity index (χ2n) is 2.17. The van der Waals surface area contributed by atoms with Crippen LogP contribution in [0.25, 0.3) is 0 Å². The maximum absolute atomic E-state index is 10.3. The number of aromatic carboxylic acids is 1. The zero-order chi connectivity index (χ0) is 7.56. The van der Waals surface area contributed by atoms with Crippen molar-refractivity contribution in [1.29, 1.82) is 0 Å². The summed E-state index contributed by atoms with van der Waals surface area (Å²) in [5, 5.41) is 8.48. The predicted molar refractivity (Wildman–Crippen MR) is 38.1 cm³/mol. The Morgan fingerprint density at radius 1 is 1.27 bits per heavy atom. The van der Waals surface area contributed by atoms with Crippen molar-refractivity contribution in [3.63, 3.8) is 0 Å². The molecule has 0 spiro atoms. The monoisotopic (exact) mass is 195 g/mol. The Bertz CT molecular complexity index is 241. The Balaban J connectivity index is 0.000001000. The molecule has 0 heterocycles. The number of benzene rings is 1. The van der Waals surface area contributed by atoms with Gasteiger partial charge in [-0.15, -0.1) is 0 Å². The van der Waals surface area contributed by atoms with Crippen molar-refractivity contribution in [3.8, 4) is 0 Å². The van der Waals surface area contributed by atoms with Crippen LogP contribution in [0.15, 0.2) is 24.3 Å². The molecule has 1 N–H and O–H groups in total. The van der Waals surface area contributed by atoms with Gasteiger partial charge in [-0.1, -0.05) is 17.7 Å². The van der Waals surface area contributed by atoms with Crippen molar-refractivity contribution >= 4 is 5.97 Å². The van der Waals surface area contributed by atoms with Gasteiger partial charge in [0.15, 0.2) is 0 Å². The summed E-state index contributed by atoms with van der Waals surface area (Å²) in [5.74, 6) is -0.875. The van der Waals surface area contributed by atoms with E-state index in [2.05, 4.69) is 0 Å². The standard InChI is InChI=1S/C8H8O2.Co/c1-6-2-4-7(5-3-6)8(9)10;/h2-5H,1H3,(H,9,10);. The molecule has 11 heavy (non-hydrogen) atoms. The molecule has 61 valence electrons. The van der Waals surface area contributed by atoms with Crippen molar-refractivity contribution in [1.82, 2.24) is 0 Å². The molecule has 1 rings (SSSR count). The third kappa shape index (κ3) is 2.73. The average Bonchev–Trinajstić information content (AvgIpc) is 1.88. The van der Waals surface area contributed by atoms with Crippen LogP contribution in [0.4, 0.5) is 0 Å². The van der Waals surface area contributed by atoms with Gasteiger partial charge in [0.1, 0.15) is 0 Å². The third-order valence-corrected chi connectivity index (χ3v) is 1.30. The number of carboxylic acid groups (broad SMARTS) is 1. The van der Waals surface area contributed by atoms with Crippen LogP contribution >= 0.6 is 0 Å². The van der Waals surface area contributed by atoms with Crippen LogP contribution in [0.5, 0.6) is 0 Å². The first-order valence-electron chi connectivity index (χ1n) is 3.00. The summed E-state index contributed by atoms with van der Waals surface area (Å²) in [6.07, 6.45) is 0. The van der Waals surface area contributed by atoms with Gasteiger partial charge >= 0.3 is 5.97 Å². The summed E-state index contributed by atoms with van der Waals surface area (Å²) in [7, 11) is 0. The number of hydrogen-bond donors (Lipinski definition) is 1. The topological polar surface area (TPSA) is 37.3 Å². The number of carboxylic acids is 1. The molecule has 2 nitrogen and oxygen atoms in total. The first-order chi connectivity index (χ1) is 4.70. The van der Waals surface area contributed by atoms with E-state index in [-0.39, 0.29) is 16.8 Å². The summed E-state index contributed by atoms with van der Waals surface area (Å²) < 4.78 is 0. The fourth-order valence-corrected chi connectivity index (χ4v) is 0.696. The number of hydrogen-bond acceptors (Lipinski definition) is 1. The van der Waals surface area contributed by atoms with E-state index in [0.29, 0.717) is 5.56 Å². The van der Waals surface area contributed by atoms with Gasteiger partial charge in [0.25, 0.3) is 0 Å². The Labute approximate surface area is 75.4 Å². The summed E-state index contributed by atoms with van der Waals surface area (Å²) >= 11 is 0. The molecule has 0 aliphatic rings. The van der Waals surface area contributed by atoms with Gasteiger partial charge in [-0.05, 0) is 19.1 Å². The first kappa shape index (κ1) is 10.2. The summed E-state index contributed by atoms with van der Waals surface area (Å²) in [4.78, 5) is 10.3. The molecule has 1 aromatic carbocycles. The SMILES string of the molecule is Cc1ccc(C(=O)O)cc1.[Co]. The molecule has 0 amide bonds. The second kappa shape index (κ2) is 4.15. The Kier molecular flexibility index (Phi) is 3.85. The van der Waals surface area contributed by atoms with Crippen LogP contribution in [-0.4, -0.2) is 11.1 Å². The van der Waals surface area contributed by atoms with Gasteiger partial charge in [0.05, 0.1) is 5.56 Å². The minimum Gasteiger partial charge on any atom is -0.478 e. The van der Waals surface area contributed by atoms with Gasteiger partial charge in [0, 0.05) is 16.8 Å². The van der Waals surface area contributed by atoms with Crippen molar-refractivity contribution < 1.29 is 26.7 Å². The molecule has 1 aromatic rings. The van der Waals surface area contributed by atoms with Gasteiger partial charge in [-0.25, -0.2) is 4.79 Å². The quantitative estimate of drug-likeness (QED) is 0.740. The van der Waals surface area contributed by atoms with E-state index in [1.165, 1.54) is 0 Å². The minimum absolute atomic E-state index is 0. The smallest absolute Gasteiger partial charge is 0.335 e. The molecule has 0 fully saturated rings. The van der Waals surface area contributed by atoms with Gasteiger partial charge in [0.2, 0.25) is 0 Å². The molecule has 0 aliphatic heterocycles. The fraction of sp³-hybridized carbons (Fsp3) is 0.125. The Morgan fingerprint density at radius 3 is 2.09 bits per heavy atom. The molecule has 0 atom stereocenters. The fourth-order valence-electron chi connectivity index (χ4n) is 0.696. The van der Waals surface area contributed by atoms with Crippen molar-refractivity contribution in [2.24, 2.45) is 0 Å². The van der Waals surface area contributed by atoms with Crippen LogP contribution in [0.3, 0.4) is 0 Å². The second-order valence-corrected chi connectivity index (χ2v) is 2.17. The molecule has 0 saturated carbocycles. The summed E-state index contributed by atoms with van der Waals surface area (Å²) in [6, 6.07) is 6.75. The van der Waals surface area contributed by atoms with E-state index < -0.39 is 5.97 Å². The van der Waals surface area contributed by atoms with Crippen molar-refractivity contribution in [2.45, 2.75) is 6.92 Å². The predicted octanol–water partition coefficient (Wildman–Crippen LogP) is 1.69. The minimum atomic E-state index is -0.875. The van der Waals surface area contributed by atoms with Crippen molar-refractivity contribution in [2.75, 3.05) is 0 Å². The molecule has 0 bridgehead atoms. The van der Waals surface area contributed by atoms with Gasteiger partial charge < -0.3 is 5.11 Å². The zero-order valence-electron chi connectivity index (χ0n) is 6.00. The number of carbonyl (C=O) groups is 1. The molecule has 0 aliphatic carbocycles. The van der Waals surface area contributed by atoms with Gasteiger partial charge in [-0.2, -0.15) is 0 Å². The molecule has 0 unspecified atom stereocenters. The molecule has 0 saturated heterocycles. The third-order valence-electron chi connectivity index (χ3n) is 1.30. The maximum Gasteiger partial charge on any atom is 0.335 e. The van der Waals surface area contributed by atoms with E-state index >= 15 is 0 Å². The Hall–Kier alpha value is -0.804. The van der Waals surface area contributed by atoms with E-state index in [1.54, 1.807) is 24.3 Å². The number of rotatable bonds is 1. The van der Waals surface area contributed by atoms with Crippen molar-refractivity contribution in [3.05, 3.63) is 35.4 Å². The van der Waals surface area contributed by atoms with Crippen LogP contribution in [0.2, 0.25) is 0 Å².